The Hall–Kier alpha value is -3.34. The molecule has 0 unspecified atom stereocenters. The zero-order chi connectivity index (χ0) is 19.2. The second-order valence-electron chi connectivity index (χ2n) is 5.95. The maximum absolute atomic E-state index is 12.2. The second-order valence-corrected chi connectivity index (χ2v) is 5.95. The van der Waals surface area contributed by atoms with Crippen LogP contribution in [0, 0.1) is 6.92 Å². The maximum Gasteiger partial charge on any atom is 0.338 e. The van der Waals surface area contributed by atoms with Crippen LogP contribution in [0.5, 0.6) is 11.5 Å². The fourth-order valence-electron chi connectivity index (χ4n) is 2.81. The number of hydrogen-bond acceptors (Lipinski definition) is 5. The van der Waals surface area contributed by atoms with Gasteiger partial charge in [0.25, 0.3) is 0 Å². The fraction of sp³-hybridized carbons (Fsp3) is 0.182. The van der Waals surface area contributed by atoms with Gasteiger partial charge in [-0.1, -0.05) is 24.3 Å². The van der Waals surface area contributed by atoms with E-state index in [1.54, 1.807) is 25.4 Å². The zero-order valence-corrected chi connectivity index (χ0v) is 15.6. The molecule has 0 aliphatic rings. The van der Waals surface area contributed by atoms with Crippen LogP contribution in [0.3, 0.4) is 0 Å². The van der Waals surface area contributed by atoms with Gasteiger partial charge >= 0.3 is 5.97 Å². The normalized spacial score (nSPS) is 10.3. The van der Waals surface area contributed by atoms with Crippen molar-refractivity contribution in [3.63, 3.8) is 0 Å². The van der Waals surface area contributed by atoms with Crippen molar-refractivity contribution in [2.75, 3.05) is 14.2 Å². The lowest BCUT2D eigenvalue weighted by molar-refractivity contribution is 0.0601. The third-order valence-corrected chi connectivity index (χ3v) is 4.29. The molecule has 5 heteroatoms. The van der Waals surface area contributed by atoms with Crippen molar-refractivity contribution in [2.24, 2.45) is 0 Å². The van der Waals surface area contributed by atoms with Gasteiger partial charge in [0.2, 0.25) is 0 Å². The number of ether oxygens (including phenoxy) is 3. The van der Waals surface area contributed by atoms with E-state index in [4.69, 9.17) is 14.2 Å². The lowest BCUT2D eigenvalue weighted by Crippen LogP contribution is -2.05. The number of rotatable bonds is 6. The highest BCUT2D eigenvalue weighted by molar-refractivity contribution is 5.98. The number of carbonyl (C=O) groups is 1. The van der Waals surface area contributed by atoms with Gasteiger partial charge in [0, 0.05) is 17.3 Å². The summed E-state index contributed by atoms with van der Waals surface area (Å²) in [6, 6.07) is 16.7. The molecule has 0 N–H and O–H groups in total. The lowest BCUT2D eigenvalue weighted by atomic mass is 9.98. The van der Waals surface area contributed by atoms with Gasteiger partial charge in [-0.05, 0) is 42.8 Å². The summed E-state index contributed by atoms with van der Waals surface area (Å²) in [5.74, 6) is 0.886. The first-order valence-electron chi connectivity index (χ1n) is 8.53. The summed E-state index contributed by atoms with van der Waals surface area (Å²) in [5.41, 5.74) is 3.86. The topological polar surface area (TPSA) is 57.7 Å². The van der Waals surface area contributed by atoms with Crippen molar-refractivity contribution >= 4 is 5.97 Å². The molecule has 1 aromatic heterocycles. The highest BCUT2D eigenvalue weighted by Gasteiger charge is 2.17. The number of hydrogen-bond donors (Lipinski definition) is 0. The van der Waals surface area contributed by atoms with Gasteiger partial charge in [0.1, 0.15) is 18.1 Å². The summed E-state index contributed by atoms with van der Waals surface area (Å²) in [5, 5.41) is 0. The van der Waals surface area contributed by atoms with Gasteiger partial charge < -0.3 is 14.2 Å². The van der Waals surface area contributed by atoms with Crippen molar-refractivity contribution in [3.8, 4) is 22.6 Å². The molecule has 3 rings (SSSR count). The van der Waals surface area contributed by atoms with E-state index >= 15 is 0 Å². The Bertz CT molecular complexity index is 953. The van der Waals surface area contributed by atoms with Crippen LogP contribution in [0.25, 0.3) is 11.1 Å². The molecule has 138 valence electrons. The smallest absolute Gasteiger partial charge is 0.338 e. The summed E-state index contributed by atoms with van der Waals surface area (Å²) in [4.78, 5) is 16.6. The minimum Gasteiger partial charge on any atom is -0.496 e. The second kappa shape index (κ2) is 8.36. The SMILES string of the molecule is COC(=O)c1ccc(OCc2ncccc2C)cc1-c1ccccc1OC. The molecule has 0 atom stereocenters. The molecule has 2 aromatic carbocycles. The van der Waals surface area contributed by atoms with Crippen molar-refractivity contribution in [1.82, 2.24) is 4.98 Å². The highest BCUT2D eigenvalue weighted by atomic mass is 16.5. The van der Waals surface area contributed by atoms with Crippen LogP contribution in [0.2, 0.25) is 0 Å². The molecular weight excluding hydrogens is 342 g/mol. The number of para-hydroxylation sites is 1. The molecule has 27 heavy (non-hydrogen) atoms. The Morgan fingerprint density at radius 1 is 1.00 bits per heavy atom. The quantitative estimate of drug-likeness (QED) is 0.606. The number of esters is 1. The van der Waals surface area contributed by atoms with Gasteiger partial charge in [0.15, 0.2) is 0 Å². The van der Waals surface area contributed by atoms with E-state index in [0.29, 0.717) is 29.2 Å². The van der Waals surface area contributed by atoms with Crippen LogP contribution < -0.4 is 9.47 Å². The van der Waals surface area contributed by atoms with E-state index in [-0.39, 0.29) is 0 Å². The largest absolute Gasteiger partial charge is 0.496 e. The number of benzene rings is 2. The molecule has 1 heterocycles. The molecule has 0 radical (unpaired) electrons. The standard InChI is InChI=1S/C22H21NO4/c1-15-7-6-12-23-20(15)14-27-16-10-11-18(22(24)26-3)19(13-16)17-8-4-5-9-21(17)25-2/h4-13H,14H2,1-3H3. The molecule has 5 nitrogen and oxygen atoms in total. The highest BCUT2D eigenvalue weighted by Crippen LogP contribution is 2.35. The van der Waals surface area contributed by atoms with Crippen LogP contribution in [-0.4, -0.2) is 25.2 Å². The van der Waals surface area contributed by atoms with Gasteiger partial charge in [-0.3, -0.25) is 4.98 Å². The Morgan fingerprint density at radius 2 is 1.81 bits per heavy atom. The molecule has 0 aliphatic carbocycles. The van der Waals surface area contributed by atoms with Gasteiger partial charge in [0.05, 0.1) is 25.5 Å². The summed E-state index contributed by atoms with van der Waals surface area (Å²) >= 11 is 0. The zero-order valence-electron chi connectivity index (χ0n) is 15.6. The van der Waals surface area contributed by atoms with Gasteiger partial charge in [-0.25, -0.2) is 4.79 Å². The Kier molecular flexibility index (Phi) is 5.71. The molecule has 0 aliphatic heterocycles. The molecule has 0 bridgehead atoms. The third-order valence-electron chi connectivity index (χ3n) is 4.29. The average Bonchev–Trinajstić information content (AvgIpc) is 2.72. The van der Waals surface area contributed by atoms with Crippen LogP contribution in [0.1, 0.15) is 21.6 Å². The predicted molar refractivity (Wildman–Crippen MR) is 103 cm³/mol. The third kappa shape index (κ3) is 4.08. The molecule has 0 spiro atoms. The molecular formula is C22H21NO4. The molecule has 0 amide bonds. The molecule has 3 aromatic rings. The van der Waals surface area contributed by atoms with Gasteiger partial charge in [-0.2, -0.15) is 0 Å². The molecule has 0 fully saturated rings. The molecule has 0 saturated carbocycles. The summed E-state index contributed by atoms with van der Waals surface area (Å²) in [6.45, 7) is 2.34. The minimum absolute atomic E-state index is 0.343. The number of carbonyl (C=O) groups excluding carboxylic acids is 1. The van der Waals surface area contributed by atoms with E-state index in [1.807, 2.05) is 49.4 Å². The first-order valence-corrected chi connectivity index (χ1v) is 8.53. The van der Waals surface area contributed by atoms with E-state index in [2.05, 4.69) is 4.98 Å². The average molecular weight is 363 g/mol. The van der Waals surface area contributed by atoms with Crippen LogP contribution in [0.4, 0.5) is 0 Å². The van der Waals surface area contributed by atoms with Crippen molar-refractivity contribution in [2.45, 2.75) is 13.5 Å². The monoisotopic (exact) mass is 363 g/mol. The van der Waals surface area contributed by atoms with Crippen LogP contribution in [-0.2, 0) is 11.3 Å². The lowest BCUT2D eigenvalue weighted by Gasteiger charge is -2.14. The predicted octanol–water partition coefficient (Wildman–Crippen LogP) is 4.43. The first kappa shape index (κ1) is 18.5. The summed E-state index contributed by atoms with van der Waals surface area (Å²) in [7, 11) is 2.96. The number of aromatic nitrogens is 1. The summed E-state index contributed by atoms with van der Waals surface area (Å²) < 4.78 is 16.3. The van der Waals surface area contributed by atoms with E-state index < -0.39 is 5.97 Å². The molecule has 0 saturated heterocycles. The van der Waals surface area contributed by atoms with Crippen LogP contribution in [0.15, 0.2) is 60.8 Å². The number of pyridine rings is 1. The number of aryl methyl sites for hydroxylation is 1. The van der Waals surface area contributed by atoms with Gasteiger partial charge in [-0.15, -0.1) is 0 Å². The first-order chi connectivity index (χ1) is 13.1. The maximum atomic E-state index is 12.2. The number of nitrogens with zero attached hydrogens (tertiary/aromatic N) is 1. The van der Waals surface area contributed by atoms with E-state index in [1.165, 1.54) is 7.11 Å². The van der Waals surface area contributed by atoms with Crippen molar-refractivity contribution in [3.05, 3.63) is 77.6 Å². The minimum atomic E-state index is -0.414. The van der Waals surface area contributed by atoms with Crippen LogP contribution >= 0.6 is 0 Å². The van der Waals surface area contributed by atoms with Crippen molar-refractivity contribution in [1.29, 1.82) is 0 Å². The summed E-state index contributed by atoms with van der Waals surface area (Å²) in [6.07, 6.45) is 1.74. The Balaban J connectivity index is 1.98. The van der Waals surface area contributed by atoms with Crippen molar-refractivity contribution < 1.29 is 19.0 Å². The Morgan fingerprint density at radius 3 is 2.56 bits per heavy atom. The van der Waals surface area contributed by atoms with E-state index in [0.717, 1.165) is 16.8 Å². The Labute approximate surface area is 158 Å². The number of methoxy groups -OCH3 is 2. The van der Waals surface area contributed by atoms with E-state index in [9.17, 15) is 4.79 Å². The fourth-order valence-corrected chi connectivity index (χ4v) is 2.81.